The molecule has 0 saturated heterocycles. The molecule has 0 amide bonds. The van der Waals surface area contributed by atoms with Crippen molar-refractivity contribution >= 4 is 33.3 Å². The van der Waals surface area contributed by atoms with Crippen molar-refractivity contribution in [3.8, 4) is 6.07 Å². The van der Waals surface area contributed by atoms with E-state index in [0.29, 0.717) is 11.6 Å². The van der Waals surface area contributed by atoms with Gasteiger partial charge >= 0.3 is 0 Å². The Bertz CT molecular complexity index is 621. The normalized spacial score (nSPS) is 9.74. The summed E-state index contributed by atoms with van der Waals surface area (Å²) in [4.78, 5) is 8.18. The molecule has 0 unspecified atom stereocenters. The molecule has 19 heavy (non-hydrogen) atoms. The summed E-state index contributed by atoms with van der Waals surface area (Å²) >= 11 is 3.43. The first-order valence-electron chi connectivity index (χ1n) is 5.65. The molecule has 96 valence electrons. The smallest absolute Gasteiger partial charge is 0.135 e. The zero-order valence-electron chi connectivity index (χ0n) is 10.3. The van der Waals surface area contributed by atoms with Crippen molar-refractivity contribution in [3.05, 3.63) is 40.6 Å². The number of benzene rings is 1. The van der Waals surface area contributed by atoms with Gasteiger partial charge in [-0.1, -0.05) is 15.9 Å². The highest BCUT2D eigenvalue weighted by Gasteiger charge is 2.02. The molecule has 0 fully saturated rings. The summed E-state index contributed by atoms with van der Waals surface area (Å²) in [6.45, 7) is 2.23. The van der Waals surface area contributed by atoms with E-state index in [2.05, 4.69) is 36.5 Å². The summed E-state index contributed by atoms with van der Waals surface area (Å²) in [6, 6.07) is 9.73. The van der Waals surface area contributed by atoms with Crippen LogP contribution in [0.25, 0.3) is 0 Å². The average Bonchev–Trinajstić information content (AvgIpc) is 2.40. The van der Waals surface area contributed by atoms with Crippen LogP contribution in [-0.2, 0) is 0 Å². The van der Waals surface area contributed by atoms with E-state index in [-0.39, 0.29) is 6.54 Å². The van der Waals surface area contributed by atoms with Gasteiger partial charge in [0.05, 0.1) is 6.07 Å². The molecule has 0 radical (unpaired) electrons. The zero-order valence-corrected chi connectivity index (χ0v) is 11.9. The summed E-state index contributed by atoms with van der Waals surface area (Å²) in [6.07, 6.45) is 1.45. The Morgan fingerprint density at radius 2 is 2.05 bits per heavy atom. The standard InChI is InChI=1S/C13H12BrN5/c1-9-6-10(14)2-3-11(9)19-13-7-12(16-5-4-15)17-8-18-13/h2-3,6-8H,5H2,1H3,(H2,16,17,18,19). The van der Waals surface area contributed by atoms with Gasteiger partial charge in [0.2, 0.25) is 0 Å². The van der Waals surface area contributed by atoms with Gasteiger partial charge in [0, 0.05) is 16.2 Å². The van der Waals surface area contributed by atoms with Gasteiger partial charge in [-0.05, 0) is 30.7 Å². The third-order valence-electron chi connectivity index (χ3n) is 2.47. The third kappa shape index (κ3) is 3.66. The van der Waals surface area contributed by atoms with Gasteiger partial charge in [-0.15, -0.1) is 0 Å². The number of halogens is 1. The molecule has 0 spiro atoms. The number of nitrogens with zero attached hydrogens (tertiary/aromatic N) is 3. The van der Waals surface area contributed by atoms with E-state index in [1.807, 2.05) is 31.2 Å². The van der Waals surface area contributed by atoms with E-state index in [4.69, 9.17) is 5.26 Å². The minimum absolute atomic E-state index is 0.216. The van der Waals surface area contributed by atoms with Crippen molar-refractivity contribution in [1.82, 2.24) is 9.97 Å². The van der Waals surface area contributed by atoms with Crippen molar-refractivity contribution in [2.75, 3.05) is 17.2 Å². The molecule has 6 heteroatoms. The Balaban J connectivity index is 2.16. The maximum Gasteiger partial charge on any atom is 0.135 e. The van der Waals surface area contributed by atoms with E-state index < -0.39 is 0 Å². The van der Waals surface area contributed by atoms with Crippen LogP contribution in [0.4, 0.5) is 17.3 Å². The number of nitriles is 1. The quantitative estimate of drug-likeness (QED) is 0.847. The van der Waals surface area contributed by atoms with Crippen molar-refractivity contribution in [1.29, 1.82) is 5.26 Å². The topological polar surface area (TPSA) is 73.6 Å². The van der Waals surface area contributed by atoms with Crippen LogP contribution in [0.5, 0.6) is 0 Å². The lowest BCUT2D eigenvalue weighted by Crippen LogP contribution is -2.03. The first-order chi connectivity index (χ1) is 9.19. The summed E-state index contributed by atoms with van der Waals surface area (Å²) in [5.41, 5.74) is 2.09. The molecule has 0 atom stereocenters. The van der Waals surface area contributed by atoms with Crippen LogP contribution in [0.3, 0.4) is 0 Å². The largest absolute Gasteiger partial charge is 0.357 e. The van der Waals surface area contributed by atoms with Gasteiger partial charge < -0.3 is 10.6 Å². The Morgan fingerprint density at radius 1 is 1.26 bits per heavy atom. The summed E-state index contributed by atoms with van der Waals surface area (Å²) in [5.74, 6) is 1.30. The van der Waals surface area contributed by atoms with Crippen molar-refractivity contribution in [2.45, 2.75) is 6.92 Å². The predicted octanol–water partition coefficient (Wildman–Crippen LogP) is 3.23. The lowest BCUT2D eigenvalue weighted by Gasteiger charge is -2.10. The van der Waals surface area contributed by atoms with Gasteiger partial charge in [-0.3, -0.25) is 0 Å². The Kier molecular flexibility index (Phi) is 4.31. The van der Waals surface area contributed by atoms with Gasteiger partial charge in [0.1, 0.15) is 24.5 Å². The molecule has 0 aliphatic carbocycles. The molecular formula is C13H12BrN5. The number of hydrogen-bond donors (Lipinski definition) is 2. The highest BCUT2D eigenvalue weighted by molar-refractivity contribution is 9.10. The number of rotatable bonds is 4. The van der Waals surface area contributed by atoms with Crippen LogP contribution >= 0.6 is 15.9 Å². The molecule has 2 aromatic rings. The summed E-state index contributed by atoms with van der Waals surface area (Å²) in [5, 5.41) is 14.6. The number of nitrogens with one attached hydrogen (secondary N) is 2. The van der Waals surface area contributed by atoms with Gasteiger partial charge in [0.15, 0.2) is 0 Å². The van der Waals surface area contributed by atoms with Crippen molar-refractivity contribution in [3.63, 3.8) is 0 Å². The van der Waals surface area contributed by atoms with E-state index in [1.54, 1.807) is 6.07 Å². The molecule has 2 N–H and O–H groups in total. The van der Waals surface area contributed by atoms with Crippen molar-refractivity contribution in [2.24, 2.45) is 0 Å². The van der Waals surface area contributed by atoms with Crippen LogP contribution in [0.15, 0.2) is 35.1 Å². The Morgan fingerprint density at radius 3 is 2.79 bits per heavy atom. The van der Waals surface area contributed by atoms with E-state index in [0.717, 1.165) is 15.7 Å². The highest BCUT2D eigenvalue weighted by Crippen LogP contribution is 2.23. The first-order valence-corrected chi connectivity index (χ1v) is 6.44. The minimum Gasteiger partial charge on any atom is -0.357 e. The van der Waals surface area contributed by atoms with E-state index in [1.165, 1.54) is 6.33 Å². The highest BCUT2D eigenvalue weighted by atomic mass is 79.9. The molecule has 0 aliphatic rings. The number of aromatic nitrogens is 2. The maximum absolute atomic E-state index is 8.52. The van der Waals surface area contributed by atoms with E-state index in [9.17, 15) is 0 Å². The average molecular weight is 318 g/mol. The predicted molar refractivity (Wildman–Crippen MR) is 78.3 cm³/mol. The van der Waals surface area contributed by atoms with Crippen LogP contribution in [0.1, 0.15) is 5.56 Å². The fourth-order valence-electron chi connectivity index (χ4n) is 1.56. The summed E-state index contributed by atoms with van der Waals surface area (Å²) < 4.78 is 1.04. The Labute approximate surface area is 119 Å². The molecule has 0 bridgehead atoms. The molecule has 0 saturated carbocycles. The summed E-state index contributed by atoms with van der Waals surface area (Å²) in [7, 11) is 0. The molecule has 1 aromatic carbocycles. The lowest BCUT2D eigenvalue weighted by atomic mass is 10.2. The first kappa shape index (κ1) is 13.3. The number of anilines is 3. The lowest BCUT2D eigenvalue weighted by molar-refractivity contribution is 1.14. The second kappa shape index (κ2) is 6.16. The molecular weight excluding hydrogens is 306 g/mol. The van der Waals surface area contributed by atoms with Crippen LogP contribution in [0, 0.1) is 18.3 Å². The fourth-order valence-corrected chi connectivity index (χ4v) is 2.03. The second-order valence-electron chi connectivity index (χ2n) is 3.88. The number of hydrogen-bond acceptors (Lipinski definition) is 5. The van der Waals surface area contributed by atoms with E-state index >= 15 is 0 Å². The third-order valence-corrected chi connectivity index (χ3v) is 2.96. The van der Waals surface area contributed by atoms with Gasteiger partial charge in [-0.2, -0.15) is 5.26 Å². The Hall–Kier alpha value is -2.13. The van der Waals surface area contributed by atoms with Gasteiger partial charge in [0.25, 0.3) is 0 Å². The maximum atomic E-state index is 8.52. The number of aryl methyl sites for hydroxylation is 1. The monoisotopic (exact) mass is 317 g/mol. The molecule has 2 rings (SSSR count). The van der Waals surface area contributed by atoms with Crippen LogP contribution in [0.2, 0.25) is 0 Å². The van der Waals surface area contributed by atoms with Gasteiger partial charge in [-0.25, -0.2) is 9.97 Å². The SMILES string of the molecule is Cc1cc(Br)ccc1Nc1cc(NCC#N)ncn1. The van der Waals surface area contributed by atoms with Crippen LogP contribution < -0.4 is 10.6 Å². The minimum atomic E-state index is 0.216. The second-order valence-corrected chi connectivity index (χ2v) is 4.80. The molecule has 0 aliphatic heterocycles. The fraction of sp³-hybridized carbons (Fsp3) is 0.154. The van der Waals surface area contributed by atoms with Crippen LogP contribution in [-0.4, -0.2) is 16.5 Å². The zero-order chi connectivity index (χ0) is 13.7. The van der Waals surface area contributed by atoms with Crippen molar-refractivity contribution < 1.29 is 0 Å². The molecule has 1 aromatic heterocycles. The molecule has 5 nitrogen and oxygen atoms in total. The molecule has 1 heterocycles.